The van der Waals surface area contributed by atoms with Gasteiger partial charge in [0, 0.05) is 19.4 Å². The van der Waals surface area contributed by atoms with Gasteiger partial charge in [-0.05, 0) is 37.0 Å². The first-order chi connectivity index (χ1) is 7.31. The first-order valence-electron chi connectivity index (χ1n) is 6.44. The van der Waals surface area contributed by atoms with Crippen LogP contribution in [0.5, 0.6) is 0 Å². The second-order valence-corrected chi connectivity index (χ2v) is 5.28. The molecule has 2 fully saturated rings. The number of unbranched alkanes of at least 4 members (excludes halogenated alkanes) is 2. The van der Waals surface area contributed by atoms with Crippen LogP contribution in [-0.2, 0) is 4.79 Å². The Morgan fingerprint density at radius 1 is 1.13 bits per heavy atom. The Labute approximate surface area is 92.1 Å². The highest BCUT2D eigenvalue weighted by Gasteiger charge is 2.41. The summed E-state index contributed by atoms with van der Waals surface area (Å²) in [6.45, 7) is 0.329. The zero-order chi connectivity index (χ0) is 10.7. The number of hydrogen-bond donors (Lipinski definition) is 1. The summed E-state index contributed by atoms with van der Waals surface area (Å²) in [5.41, 5.74) is 0. The molecule has 0 heterocycles. The van der Waals surface area contributed by atoms with E-state index in [1.165, 1.54) is 25.7 Å². The van der Waals surface area contributed by atoms with Crippen LogP contribution in [0.1, 0.15) is 51.4 Å². The van der Waals surface area contributed by atoms with Crippen molar-refractivity contribution in [3.05, 3.63) is 0 Å². The quantitative estimate of drug-likeness (QED) is 0.708. The SMILES string of the molecule is O=C1CC2CCC(CCCCCO)C2C1. The molecule has 2 heteroatoms. The van der Waals surface area contributed by atoms with E-state index in [-0.39, 0.29) is 0 Å². The zero-order valence-electron chi connectivity index (χ0n) is 9.45. The van der Waals surface area contributed by atoms with Crippen LogP contribution >= 0.6 is 0 Å². The number of carbonyl (C=O) groups is 1. The van der Waals surface area contributed by atoms with Gasteiger partial charge in [-0.15, -0.1) is 0 Å². The fraction of sp³-hybridized carbons (Fsp3) is 0.923. The third kappa shape index (κ3) is 2.60. The van der Waals surface area contributed by atoms with Crippen LogP contribution in [0.4, 0.5) is 0 Å². The molecule has 3 unspecified atom stereocenters. The van der Waals surface area contributed by atoms with E-state index in [0.29, 0.717) is 12.4 Å². The fourth-order valence-corrected chi connectivity index (χ4v) is 3.52. The van der Waals surface area contributed by atoms with E-state index in [4.69, 9.17) is 5.11 Å². The number of carbonyl (C=O) groups excluding carboxylic acids is 1. The van der Waals surface area contributed by atoms with Crippen molar-refractivity contribution in [2.45, 2.75) is 51.4 Å². The first-order valence-corrected chi connectivity index (χ1v) is 6.44. The second-order valence-electron chi connectivity index (χ2n) is 5.28. The lowest BCUT2D eigenvalue weighted by Gasteiger charge is -2.17. The lowest BCUT2D eigenvalue weighted by Crippen LogP contribution is -2.09. The summed E-state index contributed by atoms with van der Waals surface area (Å²) in [6, 6.07) is 0. The highest BCUT2D eigenvalue weighted by atomic mass is 16.2. The molecule has 0 aromatic heterocycles. The summed E-state index contributed by atoms with van der Waals surface area (Å²) in [5.74, 6) is 2.79. The molecule has 0 bridgehead atoms. The maximum absolute atomic E-state index is 11.3. The lowest BCUT2D eigenvalue weighted by molar-refractivity contribution is -0.118. The van der Waals surface area contributed by atoms with E-state index in [1.54, 1.807) is 0 Å². The van der Waals surface area contributed by atoms with Crippen LogP contribution in [0.15, 0.2) is 0 Å². The van der Waals surface area contributed by atoms with Crippen molar-refractivity contribution in [2.75, 3.05) is 6.61 Å². The number of rotatable bonds is 5. The molecule has 2 nitrogen and oxygen atoms in total. The smallest absolute Gasteiger partial charge is 0.133 e. The van der Waals surface area contributed by atoms with Crippen molar-refractivity contribution in [3.63, 3.8) is 0 Å². The van der Waals surface area contributed by atoms with Gasteiger partial charge in [0.15, 0.2) is 0 Å². The summed E-state index contributed by atoms with van der Waals surface area (Å²) in [4.78, 5) is 11.3. The van der Waals surface area contributed by atoms with Crippen molar-refractivity contribution in [2.24, 2.45) is 17.8 Å². The topological polar surface area (TPSA) is 37.3 Å². The summed E-state index contributed by atoms with van der Waals surface area (Å²) >= 11 is 0. The largest absolute Gasteiger partial charge is 0.396 e. The van der Waals surface area contributed by atoms with E-state index in [0.717, 1.165) is 43.4 Å². The van der Waals surface area contributed by atoms with Gasteiger partial charge >= 0.3 is 0 Å². The summed E-state index contributed by atoms with van der Waals surface area (Å²) in [5, 5.41) is 8.70. The third-order valence-corrected chi connectivity index (χ3v) is 4.31. The van der Waals surface area contributed by atoms with Gasteiger partial charge in [-0.3, -0.25) is 4.79 Å². The van der Waals surface area contributed by atoms with Gasteiger partial charge in [-0.25, -0.2) is 0 Å². The molecule has 0 aliphatic heterocycles. The van der Waals surface area contributed by atoms with Crippen LogP contribution in [0.3, 0.4) is 0 Å². The molecule has 2 aliphatic rings. The Kier molecular flexibility index (Phi) is 3.79. The number of fused-ring (bicyclic) bond motifs is 1. The average molecular weight is 210 g/mol. The molecule has 2 saturated carbocycles. The van der Waals surface area contributed by atoms with E-state index in [1.807, 2.05) is 0 Å². The molecule has 3 atom stereocenters. The Hall–Kier alpha value is -0.370. The highest BCUT2D eigenvalue weighted by molar-refractivity contribution is 5.81. The van der Waals surface area contributed by atoms with Crippen molar-refractivity contribution < 1.29 is 9.90 Å². The molecule has 2 rings (SSSR count). The van der Waals surface area contributed by atoms with E-state index in [2.05, 4.69) is 0 Å². The van der Waals surface area contributed by atoms with Gasteiger partial charge in [0.05, 0.1) is 0 Å². The molecule has 0 aromatic rings. The highest BCUT2D eigenvalue weighted by Crippen LogP contribution is 2.47. The van der Waals surface area contributed by atoms with Gasteiger partial charge in [0.25, 0.3) is 0 Å². The van der Waals surface area contributed by atoms with E-state index in [9.17, 15) is 4.79 Å². The Morgan fingerprint density at radius 2 is 2.00 bits per heavy atom. The van der Waals surface area contributed by atoms with Crippen molar-refractivity contribution in [1.29, 1.82) is 0 Å². The average Bonchev–Trinajstić information content (AvgIpc) is 2.73. The van der Waals surface area contributed by atoms with Crippen LogP contribution in [0.2, 0.25) is 0 Å². The Morgan fingerprint density at radius 3 is 2.80 bits per heavy atom. The lowest BCUT2D eigenvalue weighted by atomic mass is 9.88. The van der Waals surface area contributed by atoms with Gasteiger partial charge in [0.1, 0.15) is 5.78 Å². The summed E-state index contributed by atoms with van der Waals surface area (Å²) in [7, 11) is 0. The number of aliphatic hydroxyl groups is 1. The molecule has 1 N–H and O–H groups in total. The summed E-state index contributed by atoms with van der Waals surface area (Å²) < 4.78 is 0. The van der Waals surface area contributed by atoms with Crippen molar-refractivity contribution in [3.8, 4) is 0 Å². The monoisotopic (exact) mass is 210 g/mol. The number of Topliss-reactive ketones (excluding diaryl/α,β-unsaturated/α-hetero) is 1. The van der Waals surface area contributed by atoms with Crippen molar-refractivity contribution in [1.82, 2.24) is 0 Å². The van der Waals surface area contributed by atoms with Gasteiger partial charge < -0.3 is 5.11 Å². The molecule has 0 amide bonds. The minimum absolute atomic E-state index is 0.329. The van der Waals surface area contributed by atoms with Crippen molar-refractivity contribution >= 4 is 5.78 Å². The summed E-state index contributed by atoms with van der Waals surface area (Å²) in [6.07, 6.45) is 9.01. The molecule has 86 valence electrons. The molecule has 0 saturated heterocycles. The van der Waals surface area contributed by atoms with Crippen LogP contribution in [-0.4, -0.2) is 17.5 Å². The molecule has 2 aliphatic carbocycles. The maximum Gasteiger partial charge on any atom is 0.133 e. The van der Waals surface area contributed by atoms with Crippen LogP contribution in [0, 0.1) is 17.8 Å². The Balaban J connectivity index is 1.72. The predicted molar refractivity (Wildman–Crippen MR) is 59.5 cm³/mol. The predicted octanol–water partition coefficient (Wildman–Crippen LogP) is 2.54. The first kappa shape index (κ1) is 11.1. The number of aliphatic hydroxyl groups excluding tert-OH is 1. The van der Waals surface area contributed by atoms with Gasteiger partial charge in [-0.1, -0.05) is 19.3 Å². The van der Waals surface area contributed by atoms with E-state index < -0.39 is 0 Å². The van der Waals surface area contributed by atoms with Crippen LogP contribution in [0.25, 0.3) is 0 Å². The second kappa shape index (κ2) is 5.11. The molecule has 15 heavy (non-hydrogen) atoms. The molecular weight excluding hydrogens is 188 g/mol. The minimum atomic E-state index is 0.329. The molecule has 0 radical (unpaired) electrons. The maximum atomic E-state index is 11.3. The van der Waals surface area contributed by atoms with E-state index >= 15 is 0 Å². The van der Waals surface area contributed by atoms with Crippen LogP contribution < -0.4 is 0 Å². The Bertz CT molecular complexity index is 225. The third-order valence-electron chi connectivity index (χ3n) is 4.31. The molecule has 0 aromatic carbocycles. The number of ketones is 1. The standard InChI is InChI=1S/C13H22O2/c14-7-3-1-2-4-10-5-6-11-8-12(15)9-13(10)11/h10-11,13-14H,1-9H2. The minimum Gasteiger partial charge on any atom is -0.396 e. The molecular formula is C13H22O2. The normalized spacial score (nSPS) is 34.7. The molecule has 0 spiro atoms. The number of hydrogen-bond acceptors (Lipinski definition) is 2. The van der Waals surface area contributed by atoms with Gasteiger partial charge in [-0.2, -0.15) is 0 Å². The zero-order valence-corrected chi connectivity index (χ0v) is 9.45. The fourth-order valence-electron chi connectivity index (χ4n) is 3.52. The van der Waals surface area contributed by atoms with Gasteiger partial charge in [0.2, 0.25) is 0 Å².